The van der Waals surface area contributed by atoms with Crippen molar-refractivity contribution in [2.24, 2.45) is 5.10 Å². The Bertz CT molecular complexity index is 1040. The number of aromatic nitrogens is 1. The summed E-state index contributed by atoms with van der Waals surface area (Å²) in [6, 6.07) is 18.0. The number of hydrazone groups is 1. The maximum Gasteiger partial charge on any atom is 0.250 e. The molecule has 150 valence electrons. The molecule has 1 aromatic heterocycles. The van der Waals surface area contributed by atoms with Crippen LogP contribution >= 0.6 is 23.4 Å². The molecule has 1 N–H and O–H groups in total. The number of carbonyl (C=O) groups excluding carboxylic acids is 1. The zero-order valence-corrected chi connectivity index (χ0v) is 18.3. The highest BCUT2D eigenvalue weighted by Crippen LogP contribution is 2.22. The summed E-state index contributed by atoms with van der Waals surface area (Å²) in [6.07, 6.45) is 1.69. The fourth-order valence-corrected chi connectivity index (χ4v) is 4.24. The molecule has 1 heterocycles. The topological polar surface area (TPSA) is 46.4 Å². The SMILES string of the molecule is Cc1ccccc1CSCC(=O)N/N=C\c1cc(C)n(-c2cccc(Cl)c2)c1C. The van der Waals surface area contributed by atoms with Crippen LogP contribution in [0, 0.1) is 20.8 Å². The molecule has 1 amide bonds. The number of aryl methyl sites for hydroxylation is 2. The van der Waals surface area contributed by atoms with Crippen LogP contribution in [0.25, 0.3) is 5.69 Å². The molecule has 6 heteroatoms. The predicted octanol–water partition coefficient (Wildman–Crippen LogP) is 5.44. The molecule has 4 nitrogen and oxygen atoms in total. The predicted molar refractivity (Wildman–Crippen MR) is 123 cm³/mol. The number of halogens is 1. The van der Waals surface area contributed by atoms with Gasteiger partial charge in [-0.05, 0) is 56.2 Å². The molecule has 3 rings (SSSR count). The summed E-state index contributed by atoms with van der Waals surface area (Å²) in [5, 5.41) is 4.83. The molecule has 3 aromatic rings. The first-order valence-corrected chi connectivity index (χ1v) is 10.9. The van der Waals surface area contributed by atoms with Gasteiger partial charge in [0.25, 0.3) is 0 Å². The maximum absolute atomic E-state index is 12.1. The molecule has 0 saturated heterocycles. The number of nitrogens with one attached hydrogen (secondary N) is 1. The fourth-order valence-electron chi connectivity index (χ4n) is 3.16. The highest BCUT2D eigenvalue weighted by atomic mass is 35.5. The lowest BCUT2D eigenvalue weighted by Crippen LogP contribution is -2.19. The maximum atomic E-state index is 12.1. The third-order valence-corrected chi connectivity index (χ3v) is 5.90. The van der Waals surface area contributed by atoms with Crippen molar-refractivity contribution in [3.63, 3.8) is 0 Å². The normalized spacial score (nSPS) is 11.2. The summed E-state index contributed by atoms with van der Waals surface area (Å²) in [4.78, 5) is 12.1. The Kier molecular flexibility index (Phi) is 7.18. The van der Waals surface area contributed by atoms with Crippen LogP contribution in [-0.2, 0) is 10.5 Å². The van der Waals surface area contributed by atoms with Crippen LogP contribution in [0.2, 0.25) is 5.02 Å². The van der Waals surface area contributed by atoms with Crippen LogP contribution in [0.3, 0.4) is 0 Å². The van der Waals surface area contributed by atoms with E-state index in [-0.39, 0.29) is 5.91 Å². The number of carbonyl (C=O) groups is 1. The third kappa shape index (κ3) is 5.52. The zero-order chi connectivity index (χ0) is 20.8. The Morgan fingerprint density at radius 1 is 1.14 bits per heavy atom. The first-order chi connectivity index (χ1) is 14.0. The van der Waals surface area contributed by atoms with Crippen LogP contribution in [0.4, 0.5) is 0 Å². The van der Waals surface area contributed by atoms with Crippen molar-refractivity contribution < 1.29 is 4.79 Å². The highest BCUT2D eigenvalue weighted by Gasteiger charge is 2.10. The smallest absolute Gasteiger partial charge is 0.250 e. The summed E-state index contributed by atoms with van der Waals surface area (Å²) in [5.41, 5.74) is 9.18. The van der Waals surface area contributed by atoms with Crippen LogP contribution in [0.15, 0.2) is 59.7 Å². The van der Waals surface area contributed by atoms with Crippen LogP contribution in [0.5, 0.6) is 0 Å². The molecule has 0 unspecified atom stereocenters. The van der Waals surface area contributed by atoms with E-state index in [1.165, 1.54) is 11.1 Å². The Balaban J connectivity index is 1.57. The van der Waals surface area contributed by atoms with Gasteiger partial charge in [-0.1, -0.05) is 41.9 Å². The van der Waals surface area contributed by atoms with Gasteiger partial charge in [0.2, 0.25) is 5.91 Å². The molecule has 0 aliphatic rings. The van der Waals surface area contributed by atoms with Crippen molar-refractivity contribution in [2.45, 2.75) is 26.5 Å². The van der Waals surface area contributed by atoms with Crippen molar-refractivity contribution in [2.75, 3.05) is 5.75 Å². The van der Waals surface area contributed by atoms with E-state index < -0.39 is 0 Å². The molecule has 0 atom stereocenters. The molecular formula is C23H24ClN3OS. The summed E-state index contributed by atoms with van der Waals surface area (Å²) < 4.78 is 2.12. The van der Waals surface area contributed by atoms with Crippen molar-refractivity contribution >= 4 is 35.5 Å². The molecule has 29 heavy (non-hydrogen) atoms. The summed E-state index contributed by atoms with van der Waals surface area (Å²) in [6.45, 7) is 6.14. The minimum absolute atomic E-state index is 0.108. The molecule has 0 radical (unpaired) electrons. The minimum Gasteiger partial charge on any atom is -0.318 e. The Labute approximate surface area is 181 Å². The second-order valence-electron chi connectivity index (χ2n) is 6.85. The molecule has 0 saturated carbocycles. The van der Waals surface area contributed by atoms with Gasteiger partial charge in [-0.25, -0.2) is 5.43 Å². The molecule has 0 aliphatic carbocycles. The lowest BCUT2D eigenvalue weighted by atomic mass is 10.1. The fraction of sp³-hybridized carbons (Fsp3) is 0.217. The largest absolute Gasteiger partial charge is 0.318 e. The number of benzene rings is 2. The summed E-state index contributed by atoms with van der Waals surface area (Å²) in [7, 11) is 0. The highest BCUT2D eigenvalue weighted by molar-refractivity contribution is 7.99. The molecule has 0 aliphatic heterocycles. The number of hydrogen-bond acceptors (Lipinski definition) is 3. The first kappa shape index (κ1) is 21.2. The minimum atomic E-state index is -0.108. The zero-order valence-electron chi connectivity index (χ0n) is 16.8. The Morgan fingerprint density at radius 3 is 2.69 bits per heavy atom. The van der Waals surface area contributed by atoms with Crippen molar-refractivity contribution in [3.8, 4) is 5.69 Å². The van der Waals surface area contributed by atoms with E-state index in [0.717, 1.165) is 28.4 Å². The average Bonchev–Trinajstić information content (AvgIpc) is 2.97. The monoisotopic (exact) mass is 425 g/mol. The van der Waals surface area contributed by atoms with Crippen LogP contribution in [-0.4, -0.2) is 22.4 Å². The van der Waals surface area contributed by atoms with Gasteiger partial charge in [0, 0.05) is 33.4 Å². The van der Waals surface area contributed by atoms with Gasteiger partial charge in [0.15, 0.2) is 0 Å². The third-order valence-electron chi connectivity index (χ3n) is 4.68. The van der Waals surface area contributed by atoms with Gasteiger partial charge >= 0.3 is 0 Å². The van der Waals surface area contributed by atoms with Crippen molar-refractivity contribution in [1.82, 2.24) is 9.99 Å². The summed E-state index contributed by atoms with van der Waals surface area (Å²) >= 11 is 7.71. The molecular weight excluding hydrogens is 402 g/mol. The first-order valence-electron chi connectivity index (χ1n) is 9.34. The Morgan fingerprint density at radius 2 is 1.93 bits per heavy atom. The van der Waals surface area contributed by atoms with E-state index in [1.54, 1.807) is 18.0 Å². The van der Waals surface area contributed by atoms with E-state index in [4.69, 9.17) is 11.6 Å². The van der Waals surface area contributed by atoms with Crippen molar-refractivity contribution in [3.05, 3.63) is 87.7 Å². The number of hydrogen-bond donors (Lipinski definition) is 1. The van der Waals surface area contributed by atoms with E-state index in [1.807, 2.05) is 56.3 Å². The van der Waals surface area contributed by atoms with Crippen molar-refractivity contribution in [1.29, 1.82) is 0 Å². The molecule has 2 aromatic carbocycles. The van der Waals surface area contributed by atoms with Gasteiger partial charge in [-0.2, -0.15) is 5.10 Å². The van der Waals surface area contributed by atoms with Gasteiger partial charge in [0.05, 0.1) is 12.0 Å². The number of amides is 1. The van der Waals surface area contributed by atoms with E-state index in [0.29, 0.717) is 10.8 Å². The lowest BCUT2D eigenvalue weighted by molar-refractivity contribution is -0.118. The number of thioether (sulfide) groups is 1. The van der Waals surface area contributed by atoms with Gasteiger partial charge in [-0.15, -0.1) is 11.8 Å². The van der Waals surface area contributed by atoms with E-state index in [9.17, 15) is 4.79 Å². The van der Waals surface area contributed by atoms with Gasteiger partial charge in [0.1, 0.15) is 0 Å². The van der Waals surface area contributed by atoms with E-state index in [2.05, 4.69) is 34.2 Å². The second-order valence-corrected chi connectivity index (χ2v) is 8.28. The average molecular weight is 426 g/mol. The van der Waals surface area contributed by atoms with Gasteiger partial charge < -0.3 is 4.57 Å². The summed E-state index contributed by atoms with van der Waals surface area (Å²) in [5.74, 6) is 1.07. The quantitative estimate of drug-likeness (QED) is 0.404. The molecule has 0 fully saturated rings. The van der Waals surface area contributed by atoms with Gasteiger partial charge in [-0.3, -0.25) is 4.79 Å². The standard InChI is InChI=1S/C23H24ClN3OS/c1-16-7-4-5-8-19(16)14-29-15-23(28)26-25-13-20-11-17(2)27(18(20)3)22-10-6-9-21(24)12-22/h4-13H,14-15H2,1-3H3,(H,26,28)/b25-13-. The molecule has 0 bridgehead atoms. The van der Waals surface area contributed by atoms with E-state index >= 15 is 0 Å². The van der Waals surface area contributed by atoms with Crippen LogP contribution in [0.1, 0.15) is 28.1 Å². The lowest BCUT2D eigenvalue weighted by Gasteiger charge is -2.09. The Hall–Kier alpha value is -2.50. The number of nitrogens with zero attached hydrogens (tertiary/aromatic N) is 2. The molecule has 0 spiro atoms. The second kappa shape index (κ2) is 9.81. The number of rotatable bonds is 7. The van der Waals surface area contributed by atoms with Crippen LogP contribution < -0.4 is 5.43 Å².